The molecule has 0 unspecified atom stereocenters. The van der Waals surface area contributed by atoms with Crippen LogP contribution in [0.2, 0.25) is 0 Å². The van der Waals surface area contributed by atoms with E-state index in [2.05, 4.69) is 21.2 Å². The first kappa shape index (κ1) is 18.0. The third kappa shape index (κ3) is 7.50. The molecule has 0 aliphatic rings. The maximum atomic E-state index is 12.4. The average molecular weight is 366 g/mol. The van der Waals surface area contributed by atoms with Crippen molar-refractivity contribution in [2.24, 2.45) is 0 Å². The fraction of sp³-hybridized carbons (Fsp3) is 0.533. The Kier molecular flexibility index (Phi) is 7.78. The van der Waals surface area contributed by atoms with E-state index in [1.54, 1.807) is 0 Å². The quantitative estimate of drug-likeness (QED) is 0.539. The second-order valence-corrected chi connectivity index (χ2v) is 5.62. The minimum atomic E-state index is -4.34. The molecule has 0 fully saturated rings. The third-order valence-corrected chi connectivity index (χ3v) is 3.59. The fourth-order valence-electron chi connectivity index (χ4n) is 1.86. The van der Waals surface area contributed by atoms with Gasteiger partial charge in [0.1, 0.15) is 0 Å². The number of nitrogens with one attached hydrogen (secondary N) is 1. The molecule has 118 valence electrons. The first-order chi connectivity index (χ1) is 9.93. The van der Waals surface area contributed by atoms with Crippen molar-refractivity contribution in [3.63, 3.8) is 0 Å². The van der Waals surface area contributed by atoms with Gasteiger partial charge in [0.25, 0.3) is 0 Å². The van der Waals surface area contributed by atoms with Crippen molar-refractivity contribution in [2.75, 3.05) is 11.9 Å². The Hall–Kier alpha value is -1.04. The monoisotopic (exact) mass is 365 g/mol. The number of benzene rings is 1. The zero-order chi connectivity index (χ0) is 15.7. The predicted octanol–water partition coefficient (Wildman–Crippen LogP) is 4.32. The summed E-state index contributed by atoms with van der Waals surface area (Å²) in [5, 5.41) is 3.77. The molecule has 0 atom stereocenters. The van der Waals surface area contributed by atoms with Gasteiger partial charge in [-0.25, -0.2) is 0 Å². The van der Waals surface area contributed by atoms with Gasteiger partial charge in [-0.3, -0.25) is 4.79 Å². The van der Waals surface area contributed by atoms with E-state index in [-0.39, 0.29) is 12.3 Å². The van der Waals surface area contributed by atoms with Crippen LogP contribution in [0.25, 0.3) is 0 Å². The van der Waals surface area contributed by atoms with Crippen LogP contribution in [-0.4, -0.2) is 17.8 Å². The molecule has 1 N–H and O–H groups in total. The topological polar surface area (TPSA) is 29.1 Å². The molecule has 21 heavy (non-hydrogen) atoms. The van der Waals surface area contributed by atoms with Gasteiger partial charge >= 0.3 is 6.18 Å². The summed E-state index contributed by atoms with van der Waals surface area (Å²) in [5.41, 5.74) is -0.113. The normalized spacial score (nSPS) is 11.4. The van der Waals surface area contributed by atoms with E-state index in [0.717, 1.165) is 43.1 Å². The van der Waals surface area contributed by atoms with Crippen molar-refractivity contribution in [3.05, 3.63) is 35.4 Å². The van der Waals surface area contributed by atoms with Gasteiger partial charge < -0.3 is 5.32 Å². The Morgan fingerprint density at radius 1 is 1.05 bits per heavy atom. The molecule has 1 amide bonds. The van der Waals surface area contributed by atoms with Gasteiger partial charge in [0, 0.05) is 11.9 Å². The van der Waals surface area contributed by atoms with E-state index in [4.69, 9.17) is 0 Å². The Balaban J connectivity index is 2.28. The average Bonchev–Trinajstić information content (AvgIpc) is 2.42. The largest absolute Gasteiger partial charge is 0.416 e. The summed E-state index contributed by atoms with van der Waals surface area (Å²) >= 11 is 3.36. The molecular weight excluding hydrogens is 347 g/mol. The highest BCUT2D eigenvalue weighted by molar-refractivity contribution is 9.09. The van der Waals surface area contributed by atoms with Crippen LogP contribution in [0.4, 0.5) is 13.2 Å². The smallest absolute Gasteiger partial charge is 0.356 e. The number of alkyl halides is 4. The number of carbonyl (C=O) groups excluding carboxylic acids is 1. The zero-order valence-corrected chi connectivity index (χ0v) is 13.3. The van der Waals surface area contributed by atoms with Gasteiger partial charge in [-0.05, 0) is 30.5 Å². The molecule has 0 spiro atoms. The molecule has 1 aromatic rings. The minimum absolute atomic E-state index is 0.111. The number of halogens is 4. The number of amides is 1. The lowest BCUT2D eigenvalue weighted by molar-refractivity contribution is -0.137. The number of hydrogen-bond donors (Lipinski definition) is 1. The van der Waals surface area contributed by atoms with Crippen LogP contribution < -0.4 is 5.32 Å². The minimum Gasteiger partial charge on any atom is -0.356 e. The number of hydrogen-bond acceptors (Lipinski definition) is 1. The molecule has 1 aromatic carbocycles. The summed E-state index contributed by atoms with van der Waals surface area (Å²) < 4.78 is 37.2. The van der Waals surface area contributed by atoms with Crippen LogP contribution >= 0.6 is 15.9 Å². The van der Waals surface area contributed by atoms with Crippen molar-refractivity contribution in [1.82, 2.24) is 5.32 Å². The van der Waals surface area contributed by atoms with Gasteiger partial charge in [-0.15, -0.1) is 0 Å². The Labute approximate surface area is 131 Å². The van der Waals surface area contributed by atoms with Crippen LogP contribution in [0.5, 0.6) is 0 Å². The molecule has 2 nitrogen and oxygen atoms in total. The maximum Gasteiger partial charge on any atom is 0.416 e. The Morgan fingerprint density at radius 2 is 1.67 bits per heavy atom. The van der Waals surface area contributed by atoms with Gasteiger partial charge in [0.2, 0.25) is 5.91 Å². The standard InChI is InChI=1S/C15H19BrF3NO/c16-9-3-1-2-4-10-20-14(21)11-12-5-7-13(8-6-12)15(17,18)19/h5-8H,1-4,9-11H2,(H,20,21). The number of rotatable bonds is 8. The van der Waals surface area contributed by atoms with E-state index < -0.39 is 11.7 Å². The summed E-state index contributed by atoms with van der Waals surface area (Å²) in [6.45, 7) is 0.613. The fourth-order valence-corrected chi connectivity index (χ4v) is 2.26. The SMILES string of the molecule is O=C(Cc1ccc(C(F)(F)F)cc1)NCCCCCCBr. The van der Waals surface area contributed by atoms with E-state index >= 15 is 0 Å². The highest BCUT2D eigenvalue weighted by Crippen LogP contribution is 2.29. The Bertz CT molecular complexity index is 432. The van der Waals surface area contributed by atoms with Crippen molar-refractivity contribution < 1.29 is 18.0 Å². The second-order valence-electron chi connectivity index (χ2n) is 4.82. The molecule has 0 aromatic heterocycles. The lowest BCUT2D eigenvalue weighted by Gasteiger charge is -2.08. The predicted molar refractivity (Wildman–Crippen MR) is 80.4 cm³/mol. The van der Waals surface area contributed by atoms with Gasteiger partial charge in [-0.1, -0.05) is 40.9 Å². The molecule has 0 heterocycles. The van der Waals surface area contributed by atoms with Crippen LogP contribution in [0.15, 0.2) is 24.3 Å². The first-order valence-corrected chi connectivity index (χ1v) is 8.04. The first-order valence-electron chi connectivity index (χ1n) is 6.92. The second kappa shape index (κ2) is 9.07. The highest BCUT2D eigenvalue weighted by Gasteiger charge is 2.29. The molecule has 0 aliphatic heterocycles. The summed E-state index contributed by atoms with van der Waals surface area (Å²) in [6.07, 6.45) is 0.00684. The van der Waals surface area contributed by atoms with Crippen molar-refractivity contribution in [2.45, 2.75) is 38.3 Å². The van der Waals surface area contributed by atoms with Gasteiger partial charge in [0.05, 0.1) is 12.0 Å². The molecule has 6 heteroatoms. The summed E-state index contributed by atoms with van der Waals surface area (Å²) in [4.78, 5) is 11.6. The van der Waals surface area contributed by atoms with Crippen molar-refractivity contribution >= 4 is 21.8 Å². The van der Waals surface area contributed by atoms with E-state index in [0.29, 0.717) is 12.1 Å². The van der Waals surface area contributed by atoms with Gasteiger partial charge in [0.15, 0.2) is 0 Å². The lowest BCUT2D eigenvalue weighted by atomic mass is 10.1. The zero-order valence-electron chi connectivity index (χ0n) is 11.7. The van der Waals surface area contributed by atoms with E-state index in [1.165, 1.54) is 12.1 Å². The van der Waals surface area contributed by atoms with Crippen LogP contribution in [-0.2, 0) is 17.4 Å². The van der Waals surface area contributed by atoms with E-state index in [9.17, 15) is 18.0 Å². The summed E-state index contributed by atoms with van der Waals surface area (Å²) in [7, 11) is 0. The highest BCUT2D eigenvalue weighted by atomic mass is 79.9. The number of carbonyl (C=O) groups is 1. The van der Waals surface area contributed by atoms with Gasteiger partial charge in [-0.2, -0.15) is 13.2 Å². The lowest BCUT2D eigenvalue weighted by Crippen LogP contribution is -2.26. The summed E-state index contributed by atoms with van der Waals surface area (Å²) in [5.74, 6) is -0.157. The summed E-state index contributed by atoms with van der Waals surface area (Å²) in [6, 6.07) is 4.70. The molecule has 0 saturated carbocycles. The van der Waals surface area contributed by atoms with Crippen LogP contribution in [0.1, 0.15) is 36.8 Å². The third-order valence-electron chi connectivity index (χ3n) is 3.03. The molecule has 0 saturated heterocycles. The Morgan fingerprint density at radius 3 is 2.24 bits per heavy atom. The van der Waals surface area contributed by atoms with E-state index in [1.807, 2.05) is 0 Å². The van der Waals surface area contributed by atoms with Crippen molar-refractivity contribution in [3.8, 4) is 0 Å². The van der Waals surface area contributed by atoms with Crippen LogP contribution in [0, 0.1) is 0 Å². The maximum absolute atomic E-state index is 12.4. The molecular formula is C15H19BrF3NO. The van der Waals surface area contributed by atoms with Crippen LogP contribution in [0.3, 0.4) is 0 Å². The van der Waals surface area contributed by atoms with Crippen molar-refractivity contribution in [1.29, 1.82) is 0 Å². The number of unbranched alkanes of at least 4 members (excludes halogenated alkanes) is 3. The molecule has 0 radical (unpaired) electrons. The molecule has 0 aliphatic carbocycles. The molecule has 1 rings (SSSR count). The molecule has 0 bridgehead atoms.